The number of amides is 2. The van der Waals surface area contributed by atoms with Crippen LogP contribution in [0.3, 0.4) is 0 Å². The highest BCUT2D eigenvalue weighted by molar-refractivity contribution is 5.97. The number of benzene rings is 1. The fourth-order valence-corrected chi connectivity index (χ4v) is 2.82. The van der Waals surface area contributed by atoms with Gasteiger partial charge in [-0.15, -0.1) is 0 Å². The van der Waals surface area contributed by atoms with Crippen LogP contribution in [0.15, 0.2) is 34.9 Å². The average molecular weight is 358 g/mol. The largest absolute Gasteiger partial charge is 0.486 e. The number of hydrogen-bond donors (Lipinski definition) is 2. The van der Waals surface area contributed by atoms with Crippen molar-refractivity contribution in [3.63, 3.8) is 0 Å². The third-order valence-electron chi connectivity index (χ3n) is 4.23. The van der Waals surface area contributed by atoms with Gasteiger partial charge < -0.3 is 24.5 Å². The van der Waals surface area contributed by atoms with Crippen molar-refractivity contribution in [1.29, 1.82) is 0 Å². The molecule has 138 valence electrons. The number of fused-ring (bicyclic) bond motifs is 1. The van der Waals surface area contributed by atoms with Gasteiger partial charge in [0.15, 0.2) is 11.5 Å². The molecule has 1 aliphatic rings. The van der Waals surface area contributed by atoms with Crippen LogP contribution in [-0.2, 0) is 4.79 Å². The Kier molecular flexibility index (Phi) is 5.46. The summed E-state index contributed by atoms with van der Waals surface area (Å²) in [6.45, 7) is 4.62. The Morgan fingerprint density at radius 3 is 2.62 bits per heavy atom. The van der Waals surface area contributed by atoms with E-state index in [2.05, 4.69) is 10.6 Å². The predicted molar refractivity (Wildman–Crippen MR) is 94.4 cm³/mol. The highest BCUT2D eigenvalue weighted by atomic mass is 16.6. The van der Waals surface area contributed by atoms with E-state index in [9.17, 15) is 9.59 Å². The number of hydrogen-bond acceptors (Lipinski definition) is 5. The van der Waals surface area contributed by atoms with Crippen LogP contribution in [0, 0.1) is 6.92 Å². The van der Waals surface area contributed by atoms with Crippen molar-refractivity contribution in [3.8, 4) is 11.5 Å². The van der Waals surface area contributed by atoms with Crippen LogP contribution in [0.25, 0.3) is 0 Å². The molecule has 0 bridgehead atoms. The average Bonchev–Trinajstić information content (AvgIpc) is 3.09. The normalized spacial score (nSPS) is 13.8. The summed E-state index contributed by atoms with van der Waals surface area (Å²) in [7, 11) is 0. The smallest absolute Gasteiger partial charge is 0.255 e. The highest BCUT2D eigenvalue weighted by Crippen LogP contribution is 2.33. The number of carbonyl (C=O) groups excluding carboxylic acids is 2. The monoisotopic (exact) mass is 358 g/mol. The predicted octanol–water partition coefficient (Wildman–Crippen LogP) is 2.36. The molecular weight excluding hydrogens is 336 g/mol. The molecule has 0 radical (unpaired) electrons. The highest BCUT2D eigenvalue weighted by Gasteiger charge is 2.18. The molecule has 1 aromatic heterocycles. The van der Waals surface area contributed by atoms with Gasteiger partial charge in [-0.05, 0) is 37.1 Å². The third kappa shape index (κ3) is 3.99. The molecule has 2 N–H and O–H groups in total. The minimum atomic E-state index is -0.334. The van der Waals surface area contributed by atoms with Crippen molar-refractivity contribution in [2.24, 2.45) is 0 Å². The van der Waals surface area contributed by atoms with Crippen molar-refractivity contribution in [3.05, 3.63) is 47.4 Å². The first-order valence-electron chi connectivity index (χ1n) is 8.59. The number of ether oxygens (including phenoxy) is 2. The lowest BCUT2D eigenvalue weighted by molar-refractivity contribution is -0.120. The summed E-state index contributed by atoms with van der Waals surface area (Å²) in [6, 6.07) is 7.05. The molecule has 0 spiro atoms. The maximum absolute atomic E-state index is 12.2. The second-order valence-corrected chi connectivity index (χ2v) is 6.00. The lowest BCUT2D eigenvalue weighted by Gasteiger charge is -2.22. The lowest BCUT2D eigenvalue weighted by atomic mass is 10.0. The Morgan fingerprint density at radius 2 is 1.92 bits per heavy atom. The Morgan fingerprint density at radius 1 is 1.15 bits per heavy atom. The summed E-state index contributed by atoms with van der Waals surface area (Å²) >= 11 is 0. The van der Waals surface area contributed by atoms with Gasteiger partial charge in [-0.2, -0.15) is 0 Å². The van der Waals surface area contributed by atoms with E-state index in [0.29, 0.717) is 42.5 Å². The fraction of sp³-hybridized carbons (Fsp3) is 0.368. The number of nitrogens with one attached hydrogen (secondary N) is 2. The number of furan rings is 1. The quantitative estimate of drug-likeness (QED) is 0.827. The van der Waals surface area contributed by atoms with Crippen LogP contribution in [-0.4, -0.2) is 31.6 Å². The number of aryl methyl sites for hydroxylation is 1. The van der Waals surface area contributed by atoms with E-state index in [1.165, 1.54) is 6.26 Å². The van der Waals surface area contributed by atoms with E-state index in [1.807, 2.05) is 25.1 Å². The van der Waals surface area contributed by atoms with Gasteiger partial charge in [-0.3, -0.25) is 9.59 Å². The van der Waals surface area contributed by atoms with Crippen LogP contribution < -0.4 is 20.1 Å². The standard InChI is InChI=1S/C19H22N2O5/c1-3-15(13-4-5-16-17(10-13)26-9-8-25-16)21-18(22)11-20-19(23)14-6-7-24-12(14)2/h4-7,10,15H,3,8-9,11H2,1-2H3,(H,20,23)(H,21,22). The van der Waals surface area contributed by atoms with Gasteiger partial charge >= 0.3 is 0 Å². The first kappa shape index (κ1) is 17.8. The second kappa shape index (κ2) is 7.95. The summed E-state index contributed by atoms with van der Waals surface area (Å²) in [5.74, 6) is 1.32. The summed E-state index contributed by atoms with van der Waals surface area (Å²) < 4.78 is 16.2. The molecule has 0 fully saturated rings. The molecule has 1 aliphatic heterocycles. The van der Waals surface area contributed by atoms with Gasteiger partial charge in [0, 0.05) is 0 Å². The SMILES string of the molecule is CCC(NC(=O)CNC(=O)c1ccoc1C)c1ccc2c(c1)OCCO2. The van der Waals surface area contributed by atoms with Gasteiger partial charge in [0.1, 0.15) is 19.0 Å². The molecule has 26 heavy (non-hydrogen) atoms. The van der Waals surface area contributed by atoms with Crippen LogP contribution in [0.2, 0.25) is 0 Å². The molecule has 1 atom stereocenters. The Labute approximate surface area is 151 Å². The Balaban J connectivity index is 1.58. The van der Waals surface area contributed by atoms with Crippen molar-refractivity contribution in [1.82, 2.24) is 10.6 Å². The first-order valence-corrected chi connectivity index (χ1v) is 8.59. The fourth-order valence-electron chi connectivity index (χ4n) is 2.82. The van der Waals surface area contributed by atoms with E-state index < -0.39 is 0 Å². The number of carbonyl (C=O) groups is 2. The van der Waals surface area contributed by atoms with E-state index in [1.54, 1.807) is 13.0 Å². The molecule has 3 rings (SSSR count). The molecule has 0 saturated carbocycles. The van der Waals surface area contributed by atoms with E-state index >= 15 is 0 Å². The molecular formula is C19H22N2O5. The van der Waals surface area contributed by atoms with Gasteiger partial charge in [-0.25, -0.2) is 0 Å². The van der Waals surface area contributed by atoms with E-state index in [0.717, 1.165) is 5.56 Å². The first-order chi connectivity index (χ1) is 12.6. The van der Waals surface area contributed by atoms with Gasteiger partial charge in [0.2, 0.25) is 5.91 Å². The molecule has 2 amide bonds. The molecule has 0 aliphatic carbocycles. The lowest BCUT2D eigenvalue weighted by Crippen LogP contribution is -2.38. The molecule has 2 aromatic rings. The van der Waals surface area contributed by atoms with Crippen molar-refractivity contribution < 1.29 is 23.5 Å². The molecule has 0 saturated heterocycles. The van der Waals surface area contributed by atoms with E-state index in [4.69, 9.17) is 13.9 Å². The van der Waals surface area contributed by atoms with Gasteiger partial charge in [0.05, 0.1) is 24.4 Å². The minimum Gasteiger partial charge on any atom is -0.486 e. The summed E-state index contributed by atoms with van der Waals surface area (Å²) in [5.41, 5.74) is 1.36. The second-order valence-electron chi connectivity index (χ2n) is 6.00. The van der Waals surface area contributed by atoms with Crippen LogP contribution in [0.5, 0.6) is 11.5 Å². The Hall–Kier alpha value is -2.96. The zero-order valence-electron chi connectivity index (χ0n) is 14.8. The van der Waals surface area contributed by atoms with Crippen LogP contribution in [0.1, 0.15) is 41.1 Å². The zero-order valence-corrected chi connectivity index (χ0v) is 14.8. The maximum Gasteiger partial charge on any atom is 0.255 e. The summed E-state index contributed by atoms with van der Waals surface area (Å²) in [6.07, 6.45) is 2.15. The summed E-state index contributed by atoms with van der Waals surface area (Å²) in [5, 5.41) is 5.53. The molecule has 1 aromatic carbocycles. The van der Waals surface area contributed by atoms with Crippen LogP contribution in [0.4, 0.5) is 0 Å². The third-order valence-corrected chi connectivity index (χ3v) is 4.23. The molecule has 7 nitrogen and oxygen atoms in total. The van der Waals surface area contributed by atoms with Crippen molar-refractivity contribution in [2.75, 3.05) is 19.8 Å². The number of rotatable bonds is 6. The molecule has 2 heterocycles. The maximum atomic E-state index is 12.2. The van der Waals surface area contributed by atoms with Gasteiger partial charge in [-0.1, -0.05) is 13.0 Å². The van der Waals surface area contributed by atoms with Crippen molar-refractivity contribution in [2.45, 2.75) is 26.3 Å². The van der Waals surface area contributed by atoms with Crippen molar-refractivity contribution >= 4 is 11.8 Å². The molecule has 1 unspecified atom stereocenters. The minimum absolute atomic E-state index is 0.107. The molecule has 7 heteroatoms. The zero-order chi connectivity index (χ0) is 18.5. The Bertz CT molecular complexity index is 799. The summed E-state index contributed by atoms with van der Waals surface area (Å²) in [4.78, 5) is 24.3. The van der Waals surface area contributed by atoms with Crippen LogP contribution >= 0.6 is 0 Å². The van der Waals surface area contributed by atoms with E-state index in [-0.39, 0.29) is 24.4 Å². The van der Waals surface area contributed by atoms with Gasteiger partial charge in [0.25, 0.3) is 5.91 Å². The topological polar surface area (TPSA) is 89.8 Å².